The number of unbranched alkanes of at least 4 members (excludes halogenated alkanes) is 5. The van der Waals surface area contributed by atoms with Gasteiger partial charge in [0, 0.05) is 12.0 Å². The molecule has 0 radical (unpaired) electrons. The number of carbonyl (C=O) groups is 1. The van der Waals surface area contributed by atoms with Gasteiger partial charge in [-0.2, -0.15) is 0 Å². The second kappa shape index (κ2) is 14.8. The van der Waals surface area contributed by atoms with Crippen molar-refractivity contribution in [3.8, 4) is 5.75 Å². The summed E-state index contributed by atoms with van der Waals surface area (Å²) in [6, 6.07) is 18.2. The Bertz CT molecular complexity index is 834. The molecule has 0 amide bonds. The molecule has 0 heterocycles. The van der Waals surface area contributed by atoms with Gasteiger partial charge in [0.1, 0.15) is 12.3 Å². The molecule has 0 aliphatic carbocycles. The summed E-state index contributed by atoms with van der Waals surface area (Å²) in [5, 5.41) is 0. The van der Waals surface area contributed by atoms with Gasteiger partial charge in [0.15, 0.2) is 6.04 Å². The van der Waals surface area contributed by atoms with Crippen molar-refractivity contribution in [3.05, 3.63) is 65.7 Å². The van der Waals surface area contributed by atoms with E-state index in [-0.39, 0.29) is 12.0 Å². The highest BCUT2D eigenvalue weighted by molar-refractivity contribution is 5.74. The van der Waals surface area contributed by atoms with Crippen LogP contribution in [0.15, 0.2) is 54.6 Å². The van der Waals surface area contributed by atoms with Crippen LogP contribution in [0.2, 0.25) is 0 Å². The summed E-state index contributed by atoms with van der Waals surface area (Å²) in [6.45, 7) is 7.04. The van der Waals surface area contributed by atoms with Gasteiger partial charge in [-0.1, -0.05) is 94.5 Å². The van der Waals surface area contributed by atoms with Crippen LogP contribution >= 0.6 is 0 Å². The molecule has 2 atom stereocenters. The Morgan fingerprint density at radius 3 is 2.21 bits per heavy atom. The number of esters is 1. The first kappa shape index (κ1) is 27.9. The number of benzene rings is 2. The minimum Gasteiger partial charge on any atom is -0.454 e. The summed E-state index contributed by atoms with van der Waals surface area (Å²) < 4.78 is 12.7. The summed E-state index contributed by atoms with van der Waals surface area (Å²) in [4.78, 5) is 13.1. The Hall–Kier alpha value is -2.33. The maximum Gasteiger partial charge on any atom is 0.367 e. The first-order chi connectivity index (χ1) is 16.4. The molecule has 0 saturated carbocycles. The zero-order valence-electron chi connectivity index (χ0n) is 22.1. The Morgan fingerprint density at radius 1 is 0.853 bits per heavy atom. The molecule has 0 fully saturated rings. The first-order valence-corrected chi connectivity index (χ1v) is 13.2. The van der Waals surface area contributed by atoms with E-state index in [4.69, 9.17) is 9.47 Å². The molecule has 2 aromatic rings. The van der Waals surface area contributed by atoms with Gasteiger partial charge >= 0.3 is 5.97 Å². The normalized spacial score (nSPS) is 13.3. The highest BCUT2D eigenvalue weighted by Gasteiger charge is 2.34. The predicted octanol–water partition coefficient (Wildman–Crippen LogP) is 7.30. The van der Waals surface area contributed by atoms with Gasteiger partial charge in [0.05, 0.1) is 14.1 Å². The summed E-state index contributed by atoms with van der Waals surface area (Å²) in [6.07, 6.45) is 9.59. The SMILES string of the molecule is CCCCCCCCc1ccccc1OC(CCC)OC(=O)C(C)[N+](C)(C)Cc1ccccc1. The van der Waals surface area contributed by atoms with Crippen LogP contribution in [0.3, 0.4) is 0 Å². The van der Waals surface area contributed by atoms with Crippen molar-refractivity contribution in [3.63, 3.8) is 0 Å². The second-order valence-electron chi connectivity index (χ2n) is 10.00. The number of likely N-dealkylation sites (N-methyl/N-ethyl adjacent to an activating group) is 1. The second-order valence-corrected chi connectivity index (χ2v) is 10.00. The van der Waals surface area contributed by atoms with Crippen LogP contribution in [0, 0.1) is 0 Å². The molecule has 34 heavy (non-hydrogen) atoms. The number of carbonyl (C=O) groups excluding carboxylic acids is 1. The summed E-state index contributed by atoms with van der Waals surface area (Å²) >= 11 is 0. The molecular weight excluding hydrogens is 422 g/mol. The zero-order valence-corrected chi connectivity index (χ0v) is 22.1. The van der Waals surface area contributed by atoms with Gasteiger partial charge < -0.3 is 14.0 Å². The van der Waals surface area contributed by atoms with E-state index in [1.165, 1.54) is 43.2 Å². The molecule has 2 unspecified atom stereocenters. The maximum absolute atomic E-state index is 13.1. The summed E-state index contributed by atoms with van der Waals surface area (Å²) in [5.74, 6) is 0.626. The van der Waals surface area contributed by atoms with Crippen molar-refractivity contribution in [1.29, 1.82) is 0 Å². The van der Waals surface area contributed by atoms with Gasteiger partial charge in [0.25, 0.3) is 0 Å². The summed E-state index contributed by atoms with van der Waals surface area (Å²) in [5.41, 5.74) is 2.40. The molecule has 0 aliphatic rings. The van der Waals surface area contributed by atoms with Crippen molar-refractivity contribution in [2.24, 2.45) is 0 Å². The molecule has 4 heteroatoms. The Labute approximate surface area is 207 Å². The van der Waals surface area contributed by atoms with E-state index in [0.717, 1.165) is 31.6 Å². The van der Waals surface area contributed by atoms with E-state index in [1.807, 2.05) is 37.3 Å². The van der Waals surface area contributed by atoms with Crippen LogP contribution < -0.4 is 4.74 Å². The predicted molar refractivity (Wildman–Crippen MR) is 141 cm³/mol. The maximum atomic E-state index is 13.1. The quantitative estimate of drug-likeness (QED) is 0.112. The molecule has 0 aliphatic heterocycles. The molecule has 0 spiro atoms. The van der Waals surface area contributed by atoms with E-state index in [2.05, 4.69) is 52.2 Å². The molecule has 0 bridgehead atoms. The van der Waals surface area contributed by atoms with E-state index in [9.17, 15) is 4.79 Å². The Morgan fingerprint density at radius 2 is 1.50 bits per heavy atom. The highest BCUT2D eigenvalue weighted by atomic mass is 16.7. The Balaban J connectivity index is 1.97. The number of ether oxygens (including phenoxy) is 2. The van der Waals surface area contributed by atoms with E-state index in [1.54, 1.807) is 0 Å². The van der Waals surface area contributed by atoms with Crippen molar-refractivity contribution < 1.29 is 18.8 Å². The highest BCUT2D eigenvalue weighted by Crippen LogP contribution is 2.24. The van der Waals surface area contributed by atoms with Crippen LogP contribution in [-0.4, -0.2) is 36.9 Å². The smallest absolute Gasteiger partial charge is 0.367 e. The lowest BCUT2D eigenvalue weighted by Gasteiger charge is -2.35. The molecule has 2 rings (SSSR count). The number of aryl methyl sites for hydroxylation is 1. The average Bonchev–Trinajstić information content (AvgIpc) is 2.82. The van der Waals surface area contributed by atoms with Crippen molar-refractivity contribution >= 4 is 5.97 Å². The average molecular weight is 469 g/mol. The number of rotatable bonds is 16. The summed E-state index contributed by atoms with van der Waals surface area (Å²) in [7, 11) is 4.15. The molecule has 0 N–H and O–H groups in total. The zero-order chi connectivity index (χ0) is 24.8. The lowest BCUT2D eigenvalue weighted by Crippen LogP contribution is -2.52. The number of para-hydroxylation sites is 1. The number of hydrogen-bond acceptors (Lipinski definition) is 3. The van der Waals surface area contributed by atoms with E-state index < -0.39 is 6.29 Å². The monoisotopic (exact) mass is 468 g/mol. The minimum atomic E-state index is -0.567. The third kappa shape index (κ3) is 9.50. The molecule has 4 nitrogen and oxygen atoms in total. The topological polar surface area (TPSA) is 35.5 Å². The number of quaternary nitrogens is 1. The van der Waals surface area contributed by atoms with Crippen LogP contribution in [0.4, 0.5) is 0 Å². The fourth-order valence-corrected chi connectivity index (χ4v) is 4.14. The van der Waals surface area contributed by atoms with Crippen LogP contribution in [0.25, 0.3) is 0 Å². The molecule has 0 saturated heterocycles. The van der Waals surface area contributed by atoms with Gasteiger partial charge in [0.2, 0.25) is 6.29 Å². The molecule has 188 valence electrons. The molecule has 0 aromatic heterocycles. The molecular formula is C30H46NO3+. The van der Waals surface area contributed by atoms with Gasteiger partial charge in [-0.3, -0.25) is 0 Å². The molecule has 2 aromatic carbocycles. The number of nitrogens with zero attached hydrogens (tertiary/aromatic N) is 1. The fourth-order valence-electron chi connectivity index (χ4n) is 4.14. The van der Waals surface area contributed by atoms with Gasteiger partial charge in [-0.15, -0.1) is 0 Å². The van der Waals surface area contributed by atoms with Gasteiger partial charge in [-0.05, 0) is 37.8 Å². The Kier molecular flexibility index (Phi) is 12.2. The van der Waals surface area contributed by atoms with Crippen LogP contribution in [0.5, 0.6) is 5.75 Å². The van der Waals surface area contributed by atoms with Crippen molar-refractivity contribution in [2.45, 2.75) is 97.4 Å². The standard InChI is InChI=1S/C30H46NO3/c1-6-8-9-10-11-15-21-27-22-16-17-23-28(27)33-29(18-7-2)34-30(32)25(3)31(4,5)24-26-19-13-12-14-20-26/h12-14,16-17,19-20,22-23,25,29H,6-11,15,18,21,24H2,1-5H3/q+1. The van der Waals surface area contributed by atoms with Crippen molar-refractivity contribution in [2.75, 3.05) is 14.1 Å². The largest absolute Gasteiger partial charge is 0.454 e. The minimum absolute atomic E-state index is 0.215. The lowest BCUT2D eigenvalue weighted by atomic mass is 10.0. The van der Waals surface area contributed by atoms with Crippen molar-refractivity contribution in [1.82, 2.24) is 0 Å². The third-order valence-corrected chi connectivity index (χ3v) is 6.63. The van der Waals surface area contributed by atoms with Crippen LogP contribution in [-0.2, 0) is 22.5 Å². The third-order valence-electron chi connectivity index (χ3n) is 6.63. The first-order valence-electron chi connectivity index (χ1n) is 13.2. The van der Waals surface area contributed by atoms with E-state index >= 15 is 0 Å². The fraction of sp³-hybridized carbons (Fsp3) is 0.567. The lowest BCUT2D eigenvalue weighted by molar-refractivity contribution is -0.917. The van der Waals surface area contributed by atoms with Gasteiger partial charge in [-0.25, -0.2) is 4.79 Å². The van der Waals surface area contributed by atoms with E-state index in [0.29, 0.717) is 10.9 Å². The number of hydrogen-bond donors (Lipinski definition) is 0. The van der Waals surface area contributed by atoms with Crippen LogP contribution in [0.1, 0.15) is 83.3 Å².